The number of benzene rings is 2. The van der Waals surface area contributed by atoms with E-state index in [0.29, 0.717) is 22.6 Å². The molecule has 11 nitrogen and oxygen atoms in total. The normalized spacial score (nSPS) is 11.2. The lowest BCUT2D eigenvalue weighted by molar-refractivity contribution is 0.416. The van der Waals surface area contributed by atoms with Crippen molar-refractivity contribution in [1.29, 1.82) is 0 Å². The number of anilines is 4. The van der Waals surface area contributed by atoms with E-state index in [1.807, 2.05) is 16.9 Å². The van der Waals surface area contributed by atoms with Gasteiger partial charge in [-0.2, -0.15) is 13.4 Å². The molecule has 12 heteroatoms. The first-order chi connectivity index (χ1) is 14.2. The Bertz CT molecular complexity index is 1170. The van der Waals surface area contributed by atoms with Gasteiger partial charge in [0.1, 0.15) is 17.1 Å². The molecule has 0 saturated heterocycles. The number of nitrogen functional groups attached to an aromatic ring is 2. The second-order valence-electron chi connectivity index (χ2n) is 6.27. The molecule has 0 aliphatic heterocycles. The average molecular weight is 431 g/mol. The molecule has 0 radical (unpaired) electrons. The Balaban J connectivity index is 1.95. The van der Waals surface area contributed by atoms with Gasteiger partial charge in [-0.1, -0.05) is 24.3 Å². The average Bonchev–Trinajstić information content (AvgIpc) is 2.68. The molecular formula is C18H21N7O4S. The lowest BCUT2D eigenvalue weighted by atomic mass is 10.1. The summed E-state index contributed by atoms with van der Waals surface area (Å²) in [6.07, 6.45) is 0. The summed E-state index contributed by atoms with van der Waals surface area (Å²) in [4.78, 5) is 8.37. The Hall–Kier alpha value is -3.61. The first-order valence-electron chi connectivity index (χ1n) is 8.60. The molecule has 1 aromatic heterocycles. The van der Waals surface area contributed by atoms with Crippen molar-refractivity contribution in [2.24, 2.45) is 5.84 Å². The molecule has 0 aliphatic carbocycles. The number of rotatable bonds is 7. The number of methoxy groups -OCH3 is 1. The third-order valence-electron chi connectivity index (χ3n) is 4.10. The fraction of sp³-hybridized carbons (Fsp3) is 0.111. The molecule has 8 N–H and O–H groups in total. The zero-order valence-electron chi connectivity index (χ0n) is 16.0. The molecule has 0 atom stereocenters. The molecule has 0 fully saturated rings. The zero-order valence-corrected chi connectivity index (χ0v) is 16.8. The highest BCUT2D eigenvalue weighted by Gasteiger charge is 2.19. The van der Waals surface area contributed by atoms with Crippen LogP contribution in [-0.4, -0.2) is 30.0 Å². The second-order valence-corrected chi connectivity index (χ2v) is 7.43. The molecule has 2 aromatic carbocycles. The SMILES string of the molecule is COc1ccccc1-c1nc(N)nc(N(N)Cc2cccc(NS(=O)(=O)O)c2)c1N. The van der Waals surface area contributed by atoms with Crippen LogP contribution in [0.1, 0.15) is 5.56 Å². The minimum atomic E-state index is -4.39. The highest BCUT2D eigenvalue weighted by atomic mass is 32.2. The summed E-state index contributed by atoms with van der Waals surface area (Å²) < 4.78 is 38.3. The number of nitrogens with one attached hydrogen (secondary N) is 1. The summed E-state index contributed by atoms with van der Waals surface area (Å²) in [5.74, 6) is 6.90. The topological polar surface area (TPSA) is 183 Å². The number of para-hydroxylation sites is 1. The van der Waals surface area contributed by atoms with Crippen molar-refractivity contribution >= 4 is 33.4 Å². The van der Waals surface area contributed by atoms with E-state index in [2.05, 4.69) is 9.97 Å². The standard InChI is InChI=1S/C18H21N7O4S/c1-29-14-8-3-2-7-13(14)16-15(19)17(23-18(20)22-16)25(21)10-11-5-4-6-12(9-11)24-30(26,27)28/h2-9,24H,10,19,21H2,1H3,(H2,20,22,23)(H,26,27,28). The highest BCUT2D eigenvalue weighted by molar-refractivity contribution is 7.87. The van der Waals surface area contributed by atoms with Gasteiger partial charge in [0.15, 0.2) is 5.82 Å². The number of hydrogen-bond acceptors (Lipinski definition) is 9. The highest BCUT2D eigenvalue weighted by Crippen LogP contribution is 2.36. The van der Waals surface area contributed by atoms with E-state index in [-0.39, 0.29) is 29.7 Å². The molecule has 0 spiro atoms. The molecule has 0 unspecified atom stereocenters. The molecule has 158 valence electrons. The Morgan fingerprint density at radius 3 is 2.57 bits per heavy atom. The first kappa shape index (κ1) is 21.1. The number of nitrogens with two attached hydrogens (primary N) is 3. The Kier molecular flexibility index (Phi) is 5.91. The summed E-state index contributed by atoms with van der Waals surface area (Å²) in [6.45, 7) is 0.118. The maximum atomic E-state index is 11.0. The summed E-state index contributed by atoms with van der Waals surface area (Å²) in [5, 5.41) is 1.26. The van der Waals surface area contributed by atoms with Crippen molar-refractivity contribution in [3.8, 4) is 17.0 Å². The molecule has 0 bridgehead atoms. The molecule has 30 heavy (non-hydrogen) atoms. The van der Waals surface area contributed by atoms with E-state index in [1.165, 1.54) is 24.3 Å². The summed E-state index contributed by atoms with van der Waals surface area (Å²) in [7, 11) is -2.86. The number of nitrogens with zero attached hydrogens (tertiary/aromatic N) is 3. The lowest BCUT2D eigenvalue weighted by Crippen LogP contribution is -2.32. The number of hydrogen-bond donors (Lipinski definition) is 5. The molecule has 1 heterocycles. The maximum absolute atomic E-state index is 11.0. The van der Waals surface area contributed by atoms with Gasteiger partial charge in [0, 0.05) is 5.56 Å². The monoisotopic (exact) mass is 431 g/mol. The first-order valence-corrected chi connectivity index (χ1v) is 10.0. The Morgan fingerprint density at radius 1 is 1.13 bits per heavy atom. The minimum Gasteiger partial charge on any atom is -0.496 e. The summed E-state index contributed by atoms with van der Waals surface area (Å²) >= 11 is 0. The van der Waals surface area contributed by atoms with Gasteiger partial charge in [0.2, 0.25) is 5.95 Å². The van der Waals surface area contributed by atoms with Crippen LogP contribution in [0.25, 0.3) is 11.3 Å². The number of ether oxygens (including phenoxy) is 1. The van der Waals surface area contributed by atoms with E-state index in [0.717, 1.165) is 0 Å². The molecule has 0 amide bonds. The van der Waals surface area contributed by atoms with Gasteiger partial charge >= 0.3 is 10.3 Å². The number of hydrazine groups is 1. The van der Waals surface area contributed by atoms with Crippen LogP contribution in [0.15, 0.2) is 48.5 Å². The molecular weight excluding hydrogens is 410 g/mol. The van der Waals surface area contributed by atoms with Gasteiger partial charge in [-0.3, -0.25) is 14.3 Å². The van der Waals surface area contributed by atoms with Crippen molar-refractivity contribution in [3.05, 3.63) is 54.1 Å². The van der Waals surface area contributed by atoms with Crippen molar-refractivity contribution in [2.75, 3.05) is 28.3 Å². The van der Waals surface area contributed by atoms with Crippen molar-refractivity contribution in [2.45, 2.75) is 6.54 Å². The van der Waals surface area contributed by atoms with Gasteiger partial charge in [0.25, 0.3) is 0 Å². The van der Waals surface area contributed by atoms with E-state index in [4.69, 9.17) is 26.6 Å². The summed E-state index contributed by atoms with van der Waals surface area (Å²) in [6, 6.07) is 13.5. The van der Waals surface area contributed by atoms with Crippen molar-refractivity contribution in [1.82, 2.24) is 9.97 Å². The smallest absolute Gasteiger partial charge is 0.357 e. The fourth-order valence-corrected chi connectivity index (χ4v) is 3.32. The van der Waals surface area contributed by atoms with E-state index >= 15 is 0 Å². The quantitative estimate of drug-likeness (QED) is 0.208. The molecule has 0 aliphatic rings. The van der Waals surface area contributed by atoms with Crippen LogP contribution in [0, 0.1) is 0 Å². The minimum absolute atomic E-state index is 0.0302. The van der Waals surface area contributed by atoms with Crippen molar-refractivity contribution in [3.63, 3.8) is 0 Å². The maximum Gasteiger partial charge on any atom is 0.357 e. The van der Waals surface area contributed by atoms with Crippen LogP contribution in [0.2, 0.25) is 0 Å². The van der Waals surface area contributed by atoms with Crippen LogP contribution >= 0.6 is 0 Å². The lowest BCUT2D eigenvalue weighted by Gasteiger charge is -2.21. The predicted octanol–water partition coefficient (Wildman–Crippen LogP) is 1.41. The molecule has 0 saturated carbocycles. The van der Waals surface area contributed by atoms with E-state index < -0.39 is 10.3 Å². The van der Waals surface area contributed by atoms with E-state index in [1.54, 1.807) is 24.3 Å². The van der Waals surface area contributed by atoms with Gasteiger partial charge in [0.05, 0.1) is 19.3 Å². The predicted molar refractivity (Wildman–Crippen MR) is 115 cm³/mol. The zero-order chi connectivity index (χ0) is 21.9. The summed E-state index contributed by atoms with van der Waals surface area (Å²) in [5.41, 5.74) is 14.2. The van der Waals surface area contributed by atoms with Crippen LogP contribution in [0.5, 0.6) is 5.75 Å². The third-order valence-corrected chi connectivity index (χ3v) is 4.60. The molecule has 3 rings (SSSR count). The largest absolute Gasteiger partial charge is 0.496 e. The van der Waals surface area contributed by atoms with Crippen LogP contribution in [0.3, 0.4) is 0 Å². The van der Waals surface area contributed by atoms with E-state index in [9.17, 15) is 8.42 Å². The van der Waals surface area contributed by atoms with Crippen LogP contribution in [0.4, 0.5) is 23.1 Å². The van der Waals surface area contributed by atoms with Crippen molar-refractivity contribution < 1.29 is 17.7 Å². The Labute approximate surface area is 173 Å². The van der Waals surface area contributed by atoms with Gasteiger partial charge in [-0.15, -0.1) is 0 Å². The Morgan fingerprint density at radius 2 is 1.87 bits per heavy atom. The van der Waals surface area contributed by atoms with Gasteiger partial charge < -0.3 is 16.2 Å². The van der Waals surface area contributed by atoms with Crippen LogP contribution < -0.4 is 31.8 Å². The fourth-order valence-electron chi connectivity index (χ4n) is 2.89. The second kappa shape index (κ2) is 8.41. The van der Waals surface area contributed by atoms with Crippen LogP contribution in [-0.2, 0) is 16.8 Å². The van der Waals surface area contributed by atoms with Gasteiger partial charge in [-0.05, 0) is 29.8 Å². The third kappa shape index (κ3) is 4.86. The molecule has 3 aromatic rings. The number of aromatic nitrogens is 2. The van der Waals surface area contributed by atoms with Gasteiger partial charge in [-0.25, -0.2) is 10.8 Å².